The van der Waals surface area contributed by atoms with Gasteiger partial charge in [0.05, 0.1) is 0 Å². The summed E-state index contributed by atoms with van der Waals surface area (Å²) in [6, 6.07) is 14.0. The van der Waals surface area contributed by atoms with E-state index in [0.29, 0.717) is 5.92 Å². The lowest BCUT2D eigenvalue weighted by Crippen LogP contribution is -2.16. The highest BCUT2D eigenvalue weighted by Gasteiger charge is 2.21. The molecule has 0 fully saturated rings. The van der Waals surface area contributed by atoms with E-state index in [9.17, 15) is 0 Å². The van der Waals surface area contributed by atoms with Gasteiger partial charge in [-0.2, -0.15) is 0 Å². The normalized spacial score (nSPS) is 12.7. The molecule has 25 heavy (non-hydrogen) atoms. The first kappa shape index (κ1) is 19.8. The molecule has 0 nitrogen and oxygen atoms in total. The Hall–Kier alpha value is -1.56. The molecule has 0 heteroatoms. The second kappa shape index (κ2) is 6.98. The number of hydrogen-bond acceptors (Lipinski definition) is 0. The van der Waals surface area contributed by atoms with Crippen molar-refractivity contribution in [3.63, 3.8) is 0 Å². The first-order valence-corrected chi connectivity index (χ1v) is 9.64. The molecule has 0 heterocycles. The summed E-state index contributed by atoms with van der Waals surface area (Å²) in [6.07, 6.45) is 1.14. The van der Waals surface area contributed by atoms with E-state index < -0.39 is 0 Å². The van der Waals surface area contributed by atoms with Gasteiger partial charge >= 0.3 is 0 Å². The van der Waals surface area contributed by atoms with Crippen LogP contribution in [0.1, 0.15) is 77.6 Å². The molecule has 0 aromatic heterocycles. The topological polar surface area (TPSA) is 0 Å². The van der Waals surface area contributed by atoms with Crippen LogP contribution < -0.4 is 0 Å². The zero-order valence-corrected chi connectivity index (χ0v) is 17.7. The van der Waals surface area contributed by atoms with E-state index in [0.717, 1.165) is 6.42 Å². The third kappa shape index (κ3) is 4.75. The van der Waals surface area contributed by atoms with Gasteiger partial charge in [0.15, 0.2) is 0 Å². The van der Waals surface area contributed by atoms with E-state index in [1.807, 2.05) is 0 Å². The largest absolute Gasteiger partial charge is 0.0625 e. The maximum atomic E-state index is 2.40. The van der Waals surface area contributed by atoms with Crippen LogP contribution in [0.25, 0.3) is 11.1 Å². The lowest BCUT2D eigenvalue weighted by Gasteiger charge is -2.27. The van der Waals surface area contributed by atoms with Crippen molar-refractivity contribution in [3.05, 3.63) is 58.7 Å². The lowest BCUT2D eigenvalue weighted by molar-refractivity contribution is 0.569. The monoisotopic (exact) mass is 336 g/mol. The van der Waals surface area contributed by atoms with Crippen molar-refractivity contribution in [3.8, 4) is 11.1 Å². The van der Waals surface area contributed by atoms with Crippen molar-refractivity contribution in [1.82, 2.24) is 0 Å². The summed E-state index contributed by atoms with van der Waals surface area (Å²) in [4.78, 5) is 0. The predicted octanol–water partition coefficient (Wildman–Crippen LogP) is 7.46. The van der Waals surface area contributed by atoms with Crippen LogP contribution in [0.3, 0.4) is 0 Å². The molecule has 0 radical (unpaired) electrons. The highest BCUT2D eigenvalue weighted by Crippen LogP contribution is 2.35. The van der Waals surface area contributed by atoms with Crippen molar-refractivity contribution in [2.24, 2.45) is 5.92 Å². The zero-order chi connectivity index (χ0) is 19.0. The summed E-state index contributed by atoms with van der Waals surface area (Å²) in [5.41, 5.74) is 8.80. The van der Waals surface area contributed by atoms with Gasteiger partial charge < -0.3 is 0 Å². The van der Waals surface area contributed by atoms with Gasteiger partial charge in [0.1, 0.15) is 0 Å². The summed E-state index contributed by atoms with van der Waals surface area (Å²) >= 11 is 0. The fraction of sp³-hybridized carbons (Fsp3) is 0.520. The SMILES string of the molecule is Cc1c(CC(C)C)cccc1-c1cc(C(C)(C)C)cc(C(C)(C)C)c1. The molecule has 2 rings (SSSR count). The molecule has 0 unspecified atom stereocenters. The van der Waals surface area contributed by atoms with Crippen molar-refractivity contribution >= 4 is 0 Å². The number of rotatable bonds is 3. The summed E-state index contributed by atoms with van der Waals surface area (Å²) < 4.78 is 0. The van der Waals surface area contributed by atoms with E-state index in [2.05, 4.69) is 98.7 Å². The number of hydrogen-bond donors (Lipinski definition) is 0. The average molecular weight is 337 g/mol. The van der Waals surface area contributed by atoms with Gasteiger partial charge in [-0.3, -0.25) is 0 Å². The Morgan fingerprint density at radius 1 is 0.800 bits per heavy atom. The third-order valence-corrected chi connectivity index (χ3v) is 5.05. The first-order chi connectivity index (χ1) is 11.4. The zero-order valence-electron chi connectivity index (χ0n) is 17.7. The van der Waals surface area contributed by atoms with Crippen molar-refractivity contribution in [2.75, 3.05) is 0 Å². The van der Waals surface area contributed by atoms with Crippen LogP contribution in [0.4, 0.5) is 0 Å². The highest BCUT2D eigenvalue weighted by molar-refractivity contribution is 5.70. The van der Waals surface area contributed by atoms with Gasteiger partial charge in [0, 0.05) is 0 Å². The van der Waals surface area contributed by atoms with Crippen LogP contribution in [-0.4, -0.2) is 0 Å². The van der Waals surface area contributed by atoms with Gasteiger partial charge in [-0.1, -0.05) is 91.8 Å². The fourth-order valence-corrected chi connectivity index (χ4v) is 3.31. The molecule has 0 amide bonds. The Balaban J connectivity index is 2.67. The van der Waals surface area contributed by atoms with Crippen LogP contribution in [0.2, 0.25) is 0 Å². The van der Waals surface area contributed by atoms with Crippen LogP contribution in [-0.2, 0) is 17.3 Å². The molecule has 2 aromatic rings. The van der Waals surface area contributed by atoms with Gasteiger partial charge in [0.2, 0.25) is 0 Å². The molecule has 0 bridgehead atoms. The Labute approximate surface area is 155 Å². The highest BCUT2D eigenvalue weighted by atomic mass is 14.3. The molecule has 0 aliphatic rings. The average Bonchev–Trinajstić information content (AvgIpc) is 2.46. The summed E-state index contributed by atoms with van der Waals surface area (Å²) in [5, 5.41) is 0. The summed E-state index contributed by atoms with van der Waals surface area (Å²) in [7, 11) is 0. The van der Waals surface area contributed by atoms with Gasteiger partial charge in [0.25, 0.3) is 0 Å². The molecule has 0 N–H and O–H groups in total. The van der Waals surface area contributed by atoms with Gasteiger partial charge in [-0.15, -0.1) is 0 Å². The Bertz CT molecular complexity index is 701. The van der Waals surface area contributed by atoms with E-state index in [1.165, 1.54) is 33.4 Å². The van der Waals surface area contributed by atoms with E-state index >= 15 is 0 Å². The Morgan fingerprint density at radius 3 is 1.76 bits per heavy atom. The predicted molar refractivity (Wildman–Crippen MR) is 113 cm³/mol. The quantitative estimate of drug-likeness (QED) is 0.546. The molecular formula is C25H36. The summed E-state index contributed by atoms with van der Waals surface area (Å²) in [5.74, 6) is 0.681. The van der Waals surface area contributed by atoms with Crippen LogP contribution in [0, 0.1) is 12.8 Å². The minimum absolute atomic E-state index is 0.152. The second-order valence-corrected chi connectivity index (χ2v) is 9.99. The molecule has 0 aliphatic heterocycles. The fourth-order valence-electron chi connectivity index (χ4n) is 3.31. The molecule has 0 saturated heterocycles. The summed E-state index contributed by atoms with van der Waals surface area (Å²) in [6.45, 7) is 20.7. The molecule has 2 aromatic carbocycles. The van der Waals surface area contributed by atoms with Crippen molar-refractivity contribution < 1.29 is 0 Å². The molecule has 0 atom stereocenters. The Morgan fingerprint density at radius 2 is 1.32 bits per heavy atom. The molecule has 0 spiro atoms. The minimum Gasteiger partial charge on any atom is -0.0625 e. The molecule has 0 saturated carbocycles. The Kier molecular flexibility index (Phi) is 5.52. The van der Waals surface area contributed by atoms with Crippen molar-refractivity contribution in [2.45, 2.75) is 79.6 Å². The molecule has 0 aliphatic carbocycles. The van der Waals surface area contributed by atoms with Gasteiger partial charge in [-0.25, -0.2) is 0 Å². The molecular weight excluding hydrogens is 300 g/mol. The van der Waals surface area contributed by atoms with Crippen LogP contribution >= 0.6 is 0 Å². The lowest BCUT2D eigenvalue weighted by atomic mass is 9.78. The smallest absolute Gasteiger partial charge is 0.0132 e. The molecule has 136 valence electrons. The number of benzene rings is 2. The van der Waals surface area contributed by atoms with E-state index in [1.54, 1.807) is 0 Å². The first-order valence-electron chi connectivity index (χ1n) is 9.64. The second-order valence-electron chi connectivity index (χ2n) is 9.99. The van der Waals surface area contributed by atoms with E-state index in [-0.39, 0.29) is 10.8 Å². The van der Waals surface area contributed by atoms with E-state index in [4.69, 9.17) is 0 Å². The van der Waals surface area contributed by atoms with Crippen LogP contribution in [0.15, 0.2) is 36.4 Å². The van der Waals surface area contributed by atoms with Crippen LogP contribution in [0.5, 0.6) is 0 Å². The maximum absolute atomic E-state index is 2.40. The standard InChI is InChI=1S/C25H36/c1-17(2)13-19-11-10-12-23(18(19)3)20-14-21(24(4,5)6)16-22(15-20)25(7,8)9/h10-12,14-17H,13H2,1-9H3. The maximum Gasteiger partial charge on any atom is -0.0132 e. The third-order valence-electron chi connectivity index (χ3n) is 5.05. The van der Waals surface area contributed by atoms with Crippen molar-refractivity contribution in [1.29, 1.82) is 0 Å². The van der Waals surface area contributed by atoms with Gasteiger partial charge in [-0.05, 0) is 63.5 Å². The minimum atomic E-state index is 0.152.